The quantitative estimate of drug-likeness (QED) is 0.788. The number of rotatable bonds is 2. The van der Waals surface area contributed by atoms with Gasteiger partial charge in [-0.2, -0.15) is 0 Å². The van der Waals surface area contributed by atoms with Gasteiger partial charge >= 0.3 is 0 Å². The Morgan fingerprint density at radius 3 is 2.56 bits per heavy atom. The summed E-state index contributed by atoms with van der Waals surface area (Å²) in [6, 6.07) is 0.456. The van der Waals surface area contributed by atoms with Crippen molar-refractivity contribution in [3.05, 3.63) is 0 Å². The molecule has 0 aromatic rings. The van der Waals surface area contributed by atoms with Gasteiger partial charge in [-0.25, -0.2) is 0 Å². The zero-order valence-electron chi connectivity index (χ0n) is 11.9. The highest BCUT2D eigenvalue weighted by molar-refractivity contribution is 5.82. The molecule has 4 atom stereocenters. The van der Waals surface area contributed by atoms with E-state index in [2.05, 4.69) is 31.4 Å². The molecular formula is C15H26N2O. The Bertz CT molecular complexity index is 360. The van der Waals surface area contributed by atoms with Crippen LogP contribution in [0.4, 0.5) is 0 Å². The standard InChI is InChI=1S/C15H26N2O/c1-14(2)10-6-7-15(14,3)12(9-10)17-13(18)11-5-4-8-16-11/h10-12,16H,4-9H2,1-3H3,(H,17,18)/t10-,11-,12-,15+/m1/s1. The van der Waals surface area contributed by atoms with Gasteiger partial charge in [0.1, 0.15) is 0 Å². The second-order valence-corrected chi connectivity index (χ2v) is 7.32. The lowest BCUT2D eigenvalue weighted by Crippen LogP contribution is -2.51. The molecular weight excluding hydrogens is 224 g/mol. The average Bonchev–Trinajstić information content (AvgIpc) is 2.95. The Morgan fingerprint density at radius 1 is 1.28 bits per heavy atom. The molecule has 102 valence electrons. The zero-order valence-corrected chi connectivity index (χ0v) is 11.9. The van der Waals surface area contributed by atoms with Crippen molar-refractivity contribution in [3.8, 4) is 0 Å². The molecule has 3 rings (SSSR count). The molecule has 1 saturated heterocycles. The van der Waals surface area contributed by atoms with Crippen LogP contribution in [-0.2, 0) is 4.79 Å². The number of nitrogens with one attached hydrogen (secondary N) is 2. The van der Waals surface area contributed by atoms with E-state index in [1.54, 1.807) is 0 Å². The van der Waals surface area contributed by atoms with Crippen LogP contribution in [0.2, 0.25) is 0 Å². The van der Waals surface area contributed by atoms with E-state index in [1.165, 1.54) is 19.3 Å². The summed E-state index contributed by atoms with van der Waals surface area (Å²) in [7, 11) is 0. The van der Waals surface area contributed by atoms with Crippen LogP contribution in [0.15, 0.2) is 0 Å². The predicted octanol–water partition coefficient (Wildman–Crippen LogP) is 2.07. The first kappa shape index (κ1) is 12.5. The second-order valence-electron chi connectivity index (χ2n) is 7.32. The van der Waals surface area contributed by atoms with Crippen molar-refractivity contribution in [2.75, 3.05) is 6.54 Å². The highest BCUT2D eigenvalue weighted by Gasteiger charge is 2.61. The molecule has 1 amide bonds. The lowest BCUT2D eigenvalue weighted by molar-refractivity contribution is -0.124. The fourth-order valence-corrected chi connectivity index (χ4v) is 4.60. The van der Waals surface area contributed by atoms with E-state index in [4.69, 9.17) is 0 Å². The minimum atomic E-state index is 0.0656. The molecule has 2 N–H and O–H groups in total. The van der Waals surface area contributed by atoms with E-state index in [0.29, 0.717) is 16.9 Å². The molecule has 1 heterocycles. The van der Waals surface area contributed by atoms with Gasteiger partial charge in [-0.05, 0) is 55.4 Å². The summed E-state index contributed by atoms with van der Waals surface area (Å²) in [5.74, 6) is 1.03. The van der Waals surface area contributed by atoms with Crippen molar-refractivity contribution >= 4 is 5.91 Å². The number of carbonyl (C=O) groups excluding carboxylic acids is 1. The summed E-state index contributed by atoms with van der Waals surface area (Å²) in [4.78, 5) is 12.3. The van der Waals surface area contributed by atoms with Crippen LogP contribution in [-0.4, -0.2) is 24.5 Å². The summed E-state index contributed by atoms with van der Waals surface area (Å²) >= 11 is 0. The van der Waals surface area contributed by atoms with Crippen molar-refractivity contribution in [1.82, 2.24) is 10.6 Å². The van der Waals surface area contributed by atoms with E-state index in [1.807, 2.05) is 0 Å². The van der Waals surface area contributed by atoms with Crippen molar-refractivity contribution in [2.45, 2.75) is 65.0 Å². The maximum Gasteiger partial charge on any atom is 0.237 e. The van der Waals surface area contributed by atoms with Gasteiger partial charge in [0.15, 0.2) is 0 Å². The number of hydrogen-bond donors (Lipinski definition) is 2. The van der Waals surface area contributed by atoms with Crippen LogP contribution in [0.25, 0.3) is 0 Å². The molecule has 1 aliphatic heterocycles. The van der Waals surface area contributed by atoms with E-state index in [9.17, 15) is 4.79 Å². The molecule has 0 radical (unpaired) electrons. The molecule has 2 aliphatic carbocycles. The molecule has 0 aromatic heterocycles. The molecule has 3 fully saturated rings. The molecule has 3 aliphatic rings. The van der Waals surface area contributed by atoms with Gasteiger partial charge in [0, 0.05) is 6.04 Å². The molecule has 2 saturated carbocycles. The Hall–Kier alpha value is -0.570. The highest BCUT2D eigenvalue weighted by atomic mass is 16.2. The Morgan fingerprint density at radius 2 is 2.06 bits per heavy atom. The molecule has 0 aromatic carbocycles. The van der Waals surface area contributed by atoms with Crippen molar-refractivity contribution < 1.29 is 4.79 Å². The van der Waals surface area contributed by atoms with Gasteiger partial charge in [0.25, 0.3) is 0 Å². The first-order chi connectivity index (χ1) is 8.45. The third-order valence-electron chi connectivity index (χ3n) is 6.49. The van der Waals surface area contributed by atoms with Crippen LogP contribution in [0, 0.1) is 16.7 Å². The minimum Gasteiger partial charge on any atom is -0.351 e. The van der Waals surface area contributed by atoms with Gasteiger partial charge in [-0.3, -0.25) is 4.79 Å². The number of fused-ring (bicyclic) bond motifs is 2. The zero-order chi connectivity index (χ0) is 13.0. The average molecular weight is 250 g/mol. The summed E-state index contributed by atoms with van der Waals surface area (Å²) in [6.07, 6.45) is 5.93. The molecule has 0 unspecified atom stereocenters. The van der Waals surface area contributed by atoms with Crippen molar-refractivity contribution in [3.63, 3.8) is 0 Å². The SMILES string of the molecule is CC1(C)[C@@H]2CC[C@@]1(C)[C@H](NC(=O)[C@H]1CCCN1)C2. The maximum atomic E-state index is 12.3. The Labute approximate surface area is 110 Å². The van der Waals surface area contributed by atoms with Crippen molar-refractivity contribution in [2.24, 2.45) is 16.7 Å². The third-order valence-corrected chi connectivity index (χ3v) is 6.49. The Balaban J connectivity index is 1.70. The largest absolute Gasteiger partial charge is 0.351 e. The predicted molar refractivity (Wildman–Crippen MR) is 72.2 cm³/mol. The smallest absolute Gasteiger partial charge is 0.237 e. The normalized spacial score (nSPS) is 45.4. The molecule has 0 spiro atoms. The van der Waals surface area contributed by atoms with Crippen LogP contribution in [0.5, 0.6) is 0 Å². The lowest BCUT2D eigenvalue weighted by atomic mass is 9.69. The third kappa shape index (κ3) is 1.56. The van der Waals surface area contributed by atoms with Gasteiger partial charge in [0.2, 0.25) is 5.91 Å². The van der Waals surface area contributed by atoms with Crippen molar-refractivity contribution in [1.29, 1.82) is 0 Å². The number of carbonyl (C=O) groups is 1. The number of hydrogen-bond acceptors (Lipinski definition) is 2. The molecule has 3 heteroatoms. The maximum absolute atomic E-state index is 12.3. The summed E-state index contributed by atoms with van der Waals surface area (Å²) in [5.41, 5.74) is 0.681. The van der Waals surface area contributed by atoms with E-state index in [-0.39, 0.29) is 11.9 Å². The van der Waals surface area contributed by atoms with Crippen LogP contribution in [0.1, 0.15) is 52.9 Å². The van der Waals surface area contributed by atoms with Gasteiger partial charge in [-0.15, -0.1) is 0 Å². The molecule has 3 nitrogen and oxygen atoms in total. The fourth-order valence-electron chi connectivity index (χ4n) is 4.60. The first-order valence-electron chi connectivity index (χ1n) is 7.49. The summed E-state index contributed by atoms with van der Waals surface area (Å²) in [6.45, 7) is 8.16. The fraction of sp³-hybridized carbons (Fsp3) is 0.933. The Kier molecular flexibility index (Phi) is 2.74. The monoisotopic (exact) mass is 250 g/mol. The minimum absolute atomic E-state index is 0.0656. The van der Waals surface area contributed by atoms with E-state index < -0.39 is 0 Å². The van der Waals surface area contributed by atoms with Crippen LogP contribution < -0.4 is 10.6 Å². The van der Waals surface area contributed by atoms with E-state index in [0.717, 1.165) is 25.3 Å². The first-order valence-corrected chi connectivity index (χ1v) is 7.49. The van der Waals surface area contributed by atoms with Crippen LogP contribution >= 0.6 is 0 Å². The summed E-state index contributed by atoms with van der Waals surface area (Å²) in [5, 5.41) is 6.64. The number of amides is 1. The topological polar surface area (TPSA) is 41.1 Å². The molecule has 2 bridgehead atoms. The summed E-state index contributed by atoms with van der Waals surface area (Å²) < 4.78 is 0. The van der Waals surface area contributed by atoms with Crippen LogP contribution in [0.3, 0.4) is 0 Å². The van der Waals surface area contributed by atoms with Gasteiger partial charge in [-0.1, -0.05) is 20.8 Å². The molecule has 18 heavy (non-hydrogen) atoms. The van der Waals surface area contributed by atoms with E-state index >= 15 is 0 Å². The van der Waals surface area contributed by atoms with Gasteiger partial charge < -0.3 is 10.6 Å². The van der Waals surface area contributed by atoms with Gasteiger partial charge in [0.05, 0.1) is 6.04 Å². The lowest BCUT2D eigenvalue weighted by Gasteiger charge is -2.39. The highest BCUT2D eigenvalue weighted by Crippen LogP contribution is 2.65. The second kappa shape index (κ2) is 3.96.